The Hall–Kier alpha value is -1.76. The van der Waals surface area contributed by atoms with E-state index in [0.29, 0.717) is 19.5 Å². The van der Waals surface area contributed by atoms with Crippen LogP contribution >= 0.6 is 0 Å². The molecule has 125 valence electrons. The Morgan fingerprint density at radius 3 is 2.43 bits per heavy atom. The number of piperazine rings is 1. The summed E-state index contributed by atoms with van der Waals surface area (Å²) in [4.78, 5) is 27.4. The average Bonchev–Trinajstić information content (AvgIpc) is 2.57. The number of carbonyl (C=O) groups is 1. The van der Waals surface area contributed by atoms with Gasteiger partial charge in [0.1, 0.15) is 0 Å². The number of rotatable bonds is 8. The topological polar surface area (TPSA) is 72.9 Å². The van der Waals surface area contributed by atoms with Gasteiger partial charge in [-0.3, -0.25) is 19.4 Å². The fourth-order valence-corrected chi connectivity index (χ4v) is 2.73. The summed E-state index contributed by atoms with van der Waals surface area (Å²) in [6.45, 7) is 4.42. The minimum atomic E-state index is -0.611. The highest BCUT2D eigenvalue weighted by Gasteiger charge is 2.20. The molecule has 0 bridgehead atoms. The number of aliphatic hydroxyl groups is 1. The molecule has 0 aromatic heterocycles. The Morgan fingerprint density at radius 2 is 1.83 bits per heavy atom. The number of β-amino-alcohol motifs (C(OH)–C–C–N with tert-alkyl or cyclic N) is 1. The average molecular weight is 318 g/mol. The summed E-state index contributed by atoms with van der Waals surface area (Å²) in [7, 11) is 0. The molecule has 1 amide bonds. The SMILES string of the molecule is O=[C][C@H](Cc1ccccc1)NC(=O)CN1CCN(CCO)CC1. The van der Waals surface area contributed by atoms with E-state index >= 15 is 0 Å². The number of hydrogen-bond donors (Lipinski definition) is 2. The molecule has 1 heterocycles. The molecule has 1 aliphatic rings. The highest BCUT2D eigenvalue weighted by atomic mass is 16.3. The molecule has 1 aromatic carbocycles. The van der Waals surface area contributed by atoms with E-state index in [1.54, 1.807) is 0 Å². The van der Waals surface area contributed by atoms with Crippen molar-refractivity contribution in [2.75, 3.05) is 45.9 Å². The summed E-state index contributed by atoms with van der Waals surface area (Å²) in [5.74, 6) is -0.148. The fourth-order valence-electron chi connectivity index (χ4n) is 2.73. The van der Waals surface area contributed by atoms with E-state index < -0.39 is 6.04 Å². The zero-order chi connectivity index (χ0) is 16.5. The highest BCUT2D eigenvalue weighted by Crippen LogP contribution is 2.03. The minimum absolute atomic E-state index is 0.148. The van der Waals surface area contributed by atoms with Gasteiger partial charge in [0.05, 0.1) is 19.2 Å². The van der Waals surface area contributed by atoms with Gasteiger partial charge in [-0.1, -0.05) is 30.3 Å². The Labute approximate surface area is 137 Å². The molecule has 1 saturated heterocycles. The van der Waals surface area contributed by atoms with E-state index in [1.165, 1.54) is 0 Å². The number of carbonyl (C=O) groups excluding carboxylic acids is 2. The maximum Gasteiger partial charge on any atom is 0.234 e. The zero-order valence-electron chi connectivity index (χ0n) is 13.3. The van der Waals surface area contributed by atoms with Crippen LogP contribution in [-0.4, -0.2) is 79.0 Å². The normalized spacial score (nSPS) is 17.6. The van der Waals surface area contributed by atoms with Gasteiger partial charge in [0.25, 0.3) is 0 Å². The van der Waals surface area contributed by atoms with Gasteiger partial charge in [0, 0.05) is 39.1 Å². The second-order valence-corrected chi connectivity index (χ2v) is 5.77. The molecule has 1 aromatic rings. The maximum absolute atomic E-state index is 12.1. The van der Waals surface area contributed by atoms with Gasteiger partial charge < -0.3 is 10.4 Å². The molecule has 0 unspecified atom stereocenters. The van der Waals surface area contributed by atoms with Gasteiger partial charge in [-0.05, 0) is 5.56 Å². The molecule has 6 heteroatoms. The number of nitrogens with one attached hydrogen (secondary N) is 1. The van der Waals surface area contributed by atoms with Crippen LogP contribution in [-0.2, 0) is 16.0 Å². The Balaban J connectivity index is 1.74. The molecular weight excluding hydrogens is 294 g/mol. The van der Waals surface area contributed by atoms with Crippen LogP contribution in [0.3, 0.4) is 0 Å². The van der Waals surface area contributed by atoms with E-state index in [0.717, 1.165) is 31.7 Å². The third kappa shape index (κ3) is 6.09. The third-order valence-corrected chi connectivity index (χ3v) is 4.01. The molecule has 6 nitrogen and oxygen atoms in total. The van der Waals surface area contributed by atoms with Crippen molar-refractivity contribution in [3.05, 3.63) is 35.9 Å². The van der Waals surface area contributed by atoms with Crippen molar-refractivity contribution in [2.45, 2.75) is 12.5 Å². The molecule has 0 aliphatic carbocycles. The molecule has 1 atom stereocenters. The van der Waals surface area contributed by atoms with Crippen molar-refractivity contribution in [2.24, 2.45) is 0 Å². The first-order valence-corrected chi connectivity index (χ1v) is 7.98. The maximum atomic E-state index is 12.1. The van der Waals surface area contributed by atoms with E-state index in [9.17, 15) is 9.59 Å². The first-order chi connectivity index (χ1) is 11.2. The van der Waals surface area contributed by atoms with Gasteiger partial charge >= 0.3 is 0 Å². The lowest BCUT2D eigenvalue weighted by Crippen LogP contribution is -2.51. The largest absolute Gasteiger partial charge is 0.395 e. The standard InChI is InChI=1S/C17H24N3O3/c21-11-10-19-6-8-20(9-7-19)13-17(23)18-16(14-22)12-15-4-2-1-3-5-15/h1-5,16,21H,6-13H2,(H,18,23)/t16-/m0/s1. The van der Waals surface area contributed by atoms with Crippen LogP contribution in [0, 0.1) is 0 Å². The Morgan fingerprint density at radius 1 is 1.17 bits per heavy atom. The lowest BCUT2D eigenvalue weighted by molar-refractivity contribution is -0.123. The summed E-state index contributed by atoms with van der Waals surface area (Å²) in [6, 6.07) is 8.97. The molecule has 0 saturated carbocycles. The molecular formula is C17H24N3O3. The van der Waals surface area contributed by atoms with Crippen LogP contribution in [0.25, 0.3) is 0 Å². The van der Waals surface area contributed by atoms with Crippen LogP contribution < -0.4 is 5.32 Å². The lowest BCUT2D eigenvalue weighted by Gasteiger charge is -2.33. The molecule has 2 rings (SSSR count). The number of benzene rings is 1. The van der Waals surface area contributed by atoms with E-state index in [1.807, 2.05) is 36.6 Å². The predicted molar refractivity (Wildman–Crippen MR) is 87.7 cm³/mol. The minimum Gasteiger partial charge on any atom is -0.395 e. The second-order valence-electron chi connectivity index (χ2n) is 5.77. The molecule has 1 aliphatic heterocycles. The molecule has 2 N–H and O–H groups in total. The highest BCUT2D eigenvalue weighted by molar-refractivity contribution is 5.81. The molecule has 23 heavy (non-hydrogen) atoms. The summed E-state index contributed by atoms with van der Waals surface area (Å²) in [6.07, 6.45) is 2.36. The third-order valence-electron chi connectivity index (χ3n) is 4.01. The van der Waals surface area contributed by atoms with Crippen LogP contribution in [0.5, 0.6) is 0 Å². The summed E-state index contributed by atoms with van der Waals surface area (Å²) in [5, 5.41) is 11.7. The number of nitrogens with zero attached hydrogens (tertiary/aromatic N) is 2. The first kappa shape index (κ1) is 17.6. The van der Waals surface area contributed by atoms with Crippen molar-refractivity contribution >= 4 is 12.2 Å². The second kappa shape index (κ2) is 9.39. The van der Waals surface area contributed by atoms with Crippen LogP contribution in [0.2, 0.25) is 0 Å². The Bertz CT molecular complexity index is 487. The molecule has 1 fully saturated rings. The van der Waals surface area contributed by atoms with Gasteiger partial charge in [-0.2, -0.15) is 0 Å². The lowest BCUT2D eigenvalue weighted by atomic mass is 10.1. The van der Waals surface area contributed by atoms with Crippen molar-refractivity contribution in [3.63, 3.8) is 0 Å². The monoisotopic (exact) mass is 318 g/mol. The van der Waals surface area contributed by atoms with E-state index in [4.69, 9.17) is 5.11 Å². The van der Waals surface area contributed by atoms with E-state index in [2.05, 4.69) is 15.1 Å². The van der Waals surface area contributed by atoms with Gasteiger partial charge in [-0.25, -0.2) is 0 Å². The smallest absolute Gasteiger partial charge is 0.234 e. The molecule has 0 spiro atoms. The summed E-state index contributed by atoms with van der Waals surface area (Å²) >= 11 is 0. The Kier molecular flexibility index (Phi) is 7.19. The fraction of sp³-hybridized carbons (Fsp3) is 0.529. The number of amides is 1. The van der Waals surface area contributed by atoms with Gasteiger partial charge in [0.2, 0.25) is 12.2 Å². The zero-order valence-corrected chi connectivity index (χ0v) is 13.3. The van der Waals surface area contributed by atoms with Crippen molar-refractivity contribution in [3.8, 4) is 0 Å². The number of hydrogen-bond acceptors (Lipinski definition) is 5. The summed E-state index contributed by atoms with van der Waals surface area (Å²) in [5.41, 5.74) is 0.999. The van der Waals surface area contributed by atoms with E-state index in [-0.39, 0.29) is 12.5 Å². The first-order valence-electron chi connectivity index (χ1n) is 7.98. The van der Waals surface area contributed by atoms with Gasteiger partial charge in [0.15, 0.2) is 0 Å². The number of aliphatic hydroxyl groups excluding tert-OH is 1. The van der Waals surface area contributed by atoms with Crippen LogP contribution in [0.15, 0.2) is 30.3 Å². The quantitative estimate of drug-likeness (QED) is 0.672. The van der Waals surface area contributed by atoms with Gasteiger partial charge in [-0.15, -0.1) is 0 Å². The van der Waals surface area contributed by atoms with Crippen LogP contribution in [0.4, 0.5) is 0 Å². The van der Waals surface area contributed by atoms with Crippen molar-refractivity contribution < 1.29 is 14.7 Å². The van der Waals surface area contributed by atoms with Crippen molar-refractivity contribution in [1.29, 1.82) is 0 Å². The van der Waals surface area contributed by atoms with Crippen molar-refractivity contribution in [1.82, 2.24) is 15.1 Å². The molecule has 1 radical (unpaired) electrons. The predicted octanol–water partition coefficient (Wildman–Crippen LogP) is -0.566. The van der Waals surface area contributed by atoms with Crippen LogP contribution in [0.1, 0.15) is 5.56 Å². The summed E-state index contributed by atoms with van der Waals surface area (Å²) < 4.78 is 0.